The van der Waals surface area contributed by atoms with Crippen LogP contribution in [0.2, 0.25) is 0 Å². The van der Waals surface area contributed by atoms with Crippen molar-refractivity contribution in [1.29, 1.82) is 10.8 Å². The van der Waals surface area contributed by atoms with E-state index in [2.05, 4.69) is 155 Å². The monoisotopic (exact) mass is 704 g/mol. The van der Waals surface area contributed by atoms with Crippen LogP contribution in [0.1, 0.15) is 11.1 Å². The van der Waals surface area contributed by atoms with Gasteiger partial charge >= 0.3 is 0 Å². The van der Waals surface area contributed by atoms with Crippen molar-refractivity contribution >= 4 is 78.0 Å². The summed E-state index contributed by atoms with van der Waals surface area (Å²) in [6.07, 6.45) is 2.70. The van der Waals surface area contributed by atoms with Gasteiger partial charge in [-0.1, -0.05) is 109 Å². The highest BCUT2D eigenvalue weighted by Gasteiger charge is 2.24. The molecule has 0 unspecified atom stereocenters. The van der Waals surface area contributed by atoms with Gasteiger partial charge in [0.1, 0.15) is 11.2 Å². The lowest BCUT2D eigenvalue weighted by atomic mass is 10.0. The van der Waals surface area contributed by atoms with Crippen molar-refractivity contribution in [3.05, 3.63) is 181 Å². The molecule has 5 heteroatoms. The Hall–Kier alpha value is -7.50. The van der Waals surface area contributed by atoms with E-state index in [0.717, 1.165) is 99.2 Å². The number of para-hydroxylation sites is 2. The number of furan rings is 1. The van der Waals surface area contributed by atoms with E-state index in [4.69, 9.17) is 15.2 Å². The zero-order valence-corrected chi connectivity index (χ0v) is 29.6. The Bertz CT molecular complexity index is 3250. The summed E-state index contributed by atoms with van der Waals surface area (Å²) in [6.45, 7) is 0. The Labute approximate surface area is 315 Å². The molecule has 0 spiro atoms. The topological polar surface area (TPSA) is 70.7 Å². The highest BCUT2D eigenvalue weighted by molar-refractivity contribution is 6.24. The average molecular weight is 705 g/mol. The quantitative estimate of drug-likeness (QED) is 0.166. The molecule has 0 saturated carbocycles. The van der Waals surface area contributed by atoms with Crippen LogP contribution in [0.5, 0.6) is 0 Å². The predicted octanol–water partition coefficient (Wildman–Crippen LogP) is 13.1. The number of aromatic nitrogens is 2. The summed E-state index contributed by atoms with van der Waals surface area (Å²) in [5.74, 6) is 0. The van der Waals surface area contributed by atoms with Crippen LogP contribution in [-0.4, -0.2) is 21.6 Å². The van der Waals surface area contributed by atoms with Crippen molar-refractivity contribution in [2.45, 2.75) is 0 Å². The molecule has 0 saturated heterocycles. The minimum Gasteiger partial charge on any atom is -0.455 e. The Morgan fingerprint density at radius 2 is 0.873 bits per heavy atom. The fourth-order valence-corrected chi connectivity index (χ4v) is 8.61. The van der Waals surface area contributed by atoms with Crippen LogP contribution in [0.4, 0.5) is 0 Å². The molecule has 0 amide bonds. The molecule has 0 aliphatic carbocycles. The Kier molecular flexibility index (Phi) is 6.79. The molecule has 0 fully saturated rings. The fourth-order valence-electron chi connectivity index (χ4n) is 8.61. The molecule has 3 aromatic heterocycles. The first-order chi connectivity index (χ1) is 27.2. The summed E-state index contributed by atoms with van der Waals surface area (Å²) in [7, 11) is 0. The molecule has 0 aliphatic heterocycles. The average Bonchev–Trinajstić information content (AvgIpc) is 3.91. The minimum atomic E-state index is 0.669. The normalized spacial score (nSPS) is 11.8. The van der Waals surface area contributed by atoms with Crippen LogP contribution in [0.25, 0.3) is 99.2 Å². The van der Waals surface area contributed by atoms with Crippen LogP contribution in [-0.2, 0) is 0 Å². The van der Waals surface area contributed by atoms with Gasteiger partial charge in [-0.15, -0.1) is 0 Å². The van der Waals surface area contributed by atoms with Gasteiger partial charge in [-0.25, -0.2) is 0 Å². The summed E-state index contributed by atoms with van der Waals surface area (Å²) >= 11 is 0. The van der Waals surface area contributed by atoms with Crippen molar-refractivity contribution in [2.75, 3.05) is 0 Å². The van der Waals surface area contributed by atoms with E-state index in [-0.39, 0.29) is 0 Å². The third-order valence-corrected chi connectivity index (χ3v) is 11.1. The first kappa shape index (κ1) is 31.1. The van der Waals surface area contributed by atoms with Crippen LogP contribution in [0, 0.1) is 10.8 Å². The molecular weight excluding hydrogens is 673 g/mol. The molecule has 3 heterocycles. The number of benzene rings is 8. The number of nitrogens with one attached hydrogen (secondary N) is 2. The summed E-state index contributed by atoms with van der Waals surface area (Å²) in [4.78, 5) is 0. The van der Waals surface area contributed by atoms with Crippen LogP contribution < -0.4 is 0 Å². The standard InChI is InChI=1S/C50H32N4O/c51-29-35-27-46(53-43-22-19-33(31-11-3-1-4-12-31)25-40(43)41-26-34(20-23-44(41)53)32-13-5-2-6-14-32)47(28-36(35)30-52)54-42-17-9-7-16-39(42)49-45(54)24-21-38-37-15-8-10-18-48(37)55-50(38)49/h1-30,51-52H. The largest absolute Gasteiger partial charge is 0.455 e. The number of hydrogen-bond acceptors (Lipinski definition) is 3. The van der Waals surface area contributed by atoms with Crippen LogP contribution >= 0.6 is 0 Å². The molecule has 258 valence electrons. The van der Waals surface area contributed by atoms with E-state index < -0.39 is 0 Å². The van der Waals surface area contributed by atoms with Crippen LogP contribution in [0.15, 0.2) is 174 Å². The lowest BCUT2D eigenvalue weighted by molar-refractivity contribution is 0.673. The summed E-state index contributed by atoms with van der Waals surface area (Å²) < 4.78 is 11.3. The van der Waals surface area contributed by atoms with Gasteiger partial charge in [0, 0.05) is 50.5 Å². The summed E-state index contributed by atoms with van der Waals surface area (Å²) in [5, 5.41) is 23.5. The maximum absolute atomic E-state index is 8.48. The zero-order chi connectivity index (χ0) is 36.6. The number of rotatable bonds is 6. The second kappa shape index (κ2) is 12.0. The summed E-state index contributed by atoms with van der Waals surface area (Å²) in [5.41, 5.74) is 13.6. The molecular formula is C50H32N4O. The van der Waals surface area contributed by atoms with E-state index in [1.807, 2.05) is 24.3 Å². The molecule has 0 bridgehead atoms. The van der Waals surface area contributed by atoms with Crippen molar-refractivity contribution < 1.29 is 4.42 Å². The number of fused-ring (bicyclic) bond motifs is 10. The smallest absolute Gasteiger partial charge is 0.145 e. The molecule has 5 nitrogen and oxygen atoms in total. The van der Waals surface area contributed by atoms with Gasteiger partial charge in [-0.2, -0.15) is 0 Å². The Morgan fingerprint density at radius 3 is 1.47 bits per heavy atom. The molecule has 55 heavy (non-hydrogen) atoms. The SMILES string of the molecule is N=Cc1cc(-n2c3ccc(-c4ccccc4)cc3c3cc(-c4ccccc4)ccc32)c(-n2c3ccccc3c3c4oc5ccccc5c4ccc32)cc1C=N. The van der Waals surface area contributed by atoms with Gasteiger partial charge < -0.3 is 24.4 Å². The van der Waals surface area contributed by atoms with Crippen molar-refractivity contribution in [2.24, 2.45) is 0 Å². The predicted molar refractivity (Wildman–Crippen MR) is 229 cm³/mol. The number of nitrogens with zero attached hydrogens (tertiary/aromatic N) is 2. The molecule has 11 aromatic rings. The molecule has 0 atom stereocenters. The highest BCUT2D eigenvalue weighted by atomic mass is 16.3. The van der Waals surface area contributed by atoms with Crippen molar-refractivity contribution in [3.8, 4) is 33.6 Å². The van der Waals surface area contributed by atoms with E-state index in [9.17, 15) is 0 Å². The highest BCUT2D eigenvalue weighted by Crippen LogP contribution is 2.44. The first-order valence-electron chi connectivity index (χ1n) is 18.4. The lowest BCUT2D eigenvalue weighted by Crippen LogP contribution is -2.07. The second-order valence-corrected chi connectivity index (χ2v) is 14.1. The van der Waals surface area contributed by atoms with E-state index >= 15 is 0 Å². The maximum atomic E-state index is 8.48. The van der Waals surface area contributed by atoms with Gasteiger partial charge in [0.15, 0.2) is 0 Å². The van der Waals surface area contributed by atoms with Crippen molar-refractivity contribution in [3.63, 3.8) is 0 Å². The van der Waals surface area contributed by atoms with E-state index in [0.29, 0.717) is 11.1 Å². The second-order valence-electron chi connectivity index (χ2n) is 14.1. The number of hydrogen-bond donors (Lipinski definition) is 2. The van der Waals surface area contributed by atoms with Gasteiger partial charge in [-0.05, 0) is 82.9 Å². The van der Waals surface area contributed by atoms with E-state index in [1.165, 1.54) is 12.4 Å². The fraction of sp³-hybridized carbons (Fsp3) is 0. The third-order valence-electron chi connectivity index (χ3n) is 11.1. The van der Waals surface area contributed by atoms with Crippen LogP contribution in [0.3, 0.4) is 0 Å². The molecule has 8 aromatic carbocycles. The third kappa shape index (κ3) is 4.60. The Balaban J connectivity index is 1.27. The van der Waals surface area contributed by atoms with E-state index in [1.54, 1.807) is 0 Å². The van der Waals surface area contributed by atoms with Gasteiger partial charge in [-0.3, -0.25) is 0 Å². The molecule has 11 rings (SSSR count). The maximum Gasteiger partial charge on any atom is 0.145 e. The zero-order valence-electron chi connectivity index (χ0n) is 29.6. The lowest BCUT2D eigenvalue weighted by Gasteiger charge is -2.19. The van der Waals surface area contributed by atoms with Crippen molar-refractivity contribution in [1.82, 2.24) is 9.13 Å². The van der Waals surface area contributed by atoms with Gasteiger partial charge in [0.25, 0.3) is 0 Å². The first-order valence-corrected chi connectivity index (χ1v) is 18.4. The molecule has 0 radical (unpaired) electrons. The summed E-state index contributed by atoms with van der Waals surface area (Å²) in [6, 6.07) is 59.7. The minimum absolute atomic E-state index is 0.669. The van der Waals surface area contributed by atoms with Gasteiger partial charge in [0.2, 0.25) is 0 Å². The van der Waals surface area contributed by atoms with Gasteiger partial charge in [0.05, 0.1) is 38.8 Å². The Morgan fingerprint density at radius 1 is 0.382 bits per heavy atom. The molecule has 0 aliphatic rings. The molecule has 2 N–H and O–H groups in total.